The first-order valence-corrected chi connectivity index (χ1v) is 10.0. The Morgan fingerprint density at radius 3 is 2.11 bits per heavy atom. The smallest absolute Gasteiger partial charge is 0.257 e. The Hall–Kier alpha value is -3.05. The second-order valence-electron chi connectivity index (χ2n) is 6.64. The highest BCUT2D eigenvalue weighted by molar-refractivity contribution is 7.99. The fourth-order valence-electron chi connectivity index (χ4n) is 3.21. The Balaban J connectivity index is 1.52. The number of aromatic nitrogens is 1. The molecular weight excluding hydrogens is 368 g/mol. The van der Waals surface area contributed by atoms with Crippen molar-refractivity contribution < 1.29 is 9.21 Å². The number of amides is 1. The summed E-state index contributed by atoms with van der Waals surface area (Å²) in [5.41, 5.74) is 2.96. The van der Waals surface area contributed by atoms with Crippen molar-refractivity contribution >= 4 is 28.8 Å². The number of hydrogen-bond acceptors (Lipinski definition) is 4. The van der Waals surface area contributed by atoms with E-state index in [-0.39, 0.29) is 11.7 Å². The van der Waals surface area contributed by atoms with E-state index in [1.54, 1.807) is 0 Å². The zero-order valence-corrected chi connectivity index (χ0v) is 16.3. The first-order valence-electron chi connectivity index (χ1n) is 9.05. The minimum atomic E-state index is -0.624. The standard InChI is InChI=1S/C23H20N2O2S/c1-23(17-10-4-2-5-11-17,18-12-6-3-7-13-18)25-21(26)16-28-22-24-19-14-8-9-15-20(19)27-22/h2-15H,16H2,1H3,(H,25,26). The van der Waals surface area contributed by atoms with E-state index in [1.165, 1.54) is 11.8 Å². The lowest BCUT2D eigenvalue weighted by Crippen LogP contribution is -2.45. The van der Waals surface area contributed by atoms with Gasteiger partial charge in [-0.25, -0.2) is 4.98 Å². The van der Waals surface area contributed by atoms with E-state index in [9.17, 15) is 4.79 Å². The molecule has 0 saturated carbocycles. The van der Waals surface area contributed by atoms with Crippen molar-refractivity contribution in [2.75, 3.05) is 5.75 Å². The van der Waals surface area contributed by atoms with Gasteiger partial charge in [-0.15, -0.1) is 0 Å². The number of para-hydroxylation sites is 2. The summed E-state index contributed by atoms with van der Waals surface area (Å²) in [6.45, 7) is 2.03. The maximum Gasteiger partial charge on any atom is 0.257 e. The second-order valence-corrected chi connectivity index (χ2v) is 7.57. The summed E-state index contributed by atoms with van der Waals surface area (Å²) >= 11 is 1.30. The number of carbonyl (C=O) groups is 1. The van der Waals surface area contributed by atoms with E-state index in [4.69, 9.17) is 4.42 Å². The molecule has 4 aromatic rings. The van der Waals surface area contributed by atoms with Crippen molar-refractivity contribution in [1.82, 2.24) is 10.3 Å². The number of rotatable bonds is 6. The molecule has 0 radical (unpaired) electrons. The molecule has 5 heteroatoms. The summed E-state index contributed by atoms with van der Waals surface area (Å²) in [7, 11) is 0. The summed E-state index contributed by atoms with van der Waals surface area (Å²) in [5, 5.41) is 3.70. The van der Waals surface area contributed by atoms with Gasteiger partial charge < -0.3 is 9.73 Å². The number of fused-ring (bicyclic) bond motifs is 1. The fraction of sp³-hybridized carbons (Fsp3) is 0.130. The van der Waals surface area contributed by atoms with E-state index < -0.39 is 5.54 Å². The molecule has 0 fully saturated rings. The first kappa shape index (κ1) is 18.3. The number of oxazole rings is 1. The van der Waals surface area contributed by atoms with Crippen LogP contribution in [0.5, 0.6) is 0 Å². The molecule has 0 atom stereocenters. The van der Waals surface area contributed by atoms with Gasteiger partial charge in [0, 0.05) is 0 Å². The number of benzene rings is 3. The minimum absolute atomic E-state index is 0.0811. The van der Waals surface area contributed by atoms with E-state index >= 15 is 0 Å². The summed E-state index contributed by atoms with van der Waals surface area (Å²) < 4.78 is 5.69. The lowest BCUT2D eigenvalue weighted by Gasteiger charge is -2.32. The van der Waals surface area contributed by atoms with Gasteiger partial charge in [0.05, 0.1) is 11.3 Å². The normalized spacial score (nSPS) is 11.5. The van der Waals surface area contributed by atoms with E-state index in [2.05, 4.69) is 10.3 Å². The van der Waals surface area contributed by atoms with Gasteiger partial charge in [0.25, 0.3) is 5.22 Å². The van der Waals surface area contributed by atoms with Crippen molar-refractivity contribution in [3.63, 3.8) is 0 Å². The molecule has 0 spiro atoms. The molecule has 28 heavy (non-hydrogen) atoms. The number of nitrogens with zero attached hydrogens (tertiary/aromatic N) is 1. The molecule has 140 valence electrons. The Bertz CT molecular complexity index is 1000. The second kappa shape index (κ2) is 7.90. The minimum Gasteiger partial charge on any atom is -0.431 e. The van der Waals surface area contributed by atoms with Crippen LogP contribution in [0.4, 0.5) is 0 Å². The number of carbonyl (C=O) groups excluding carboxylic acids is 1. The maximum atomic E-state index is 12.8. The third-order valence-electron chi connectivity index (χ3n) is 4.69. The highest BCUT2D eigenvalue weighted by Gasteiger charge is 2.30. The molecule has 0 aliphatic rings. The zero-order chi connectivity index (χ0) is 19.4. The van der Waals surface area contributed by atoms with Gasteiger partial charge in [0.1, 0.15) is 5.52 Å². The molecule has 1 heterocycles. The van der Waals surface area contributed by atoms with Gasteiger partial charge in [-0.3, -0.25) is 4.79 Å². The molecule has 3 aromatic carbocycles. The van der Waals surface area contributed by atoms with E-state index in [1.807, 2.05) is 91.9 Å². The van der Waals surface area contributed by atoms with Crippen LogP contribution in [0.2, 0.25) is 0 Å². The van der Waals surface area contributed by atoms with Gasteiger partial charge in [0.15, 0.2) is 5.58 Å². The molecule has 0 aliphatic heterocycles. The Morgan fingerprint density at radius 1 is 0.929 bits per heavy atom. The fourth-order valence-corrected chi connectivity index (χ4v) is 3.85. The maximum absolute atomic E-state index is 12.8. The highest BCUT2D eigenvalue weighted by Crippen LogP contribution is 2.30. The molecule has 4 nitrogen and oxygen atoms in total. The van der Waals surface area contributed by atoms with Crippen molar-refractivity contribution in [2.24, 2.45) is 0 Å². The topological polar surface area (TPSA) is 55.1 Å². The van der Waals surface area contributed by atoms with Crippen LogP contribution in [-0.2, 0) is 10.3 Å². The predicted octanol–water partition coefficient (Wildman–Crippen LogP) is 5.00. The molecular formula is C23H20N2O2S. The molecule has 0 aliphatic carbocycles. The van der Waals surface area contributed by atoms with Crippen molar-refractivity contribution in [3.8, 4) is 0 Å². The van der Waals surface area contributed by atoms with Crippen LogP contribution in [0.1, 0.15) is 18.1 Å². The largest absolute Gasteiger partial charge is 0.431 e. The van der Waals surface area contributed by atoms with Gasteiger partial charge in [-0.05, 0) is 30.2 Å². The van der Waals surface area contributed by atoms with Crippen LogP contribution >= 0.6 is 11.8 Å². The molecule has 1 N–H and O–H groups in total. The molecule has 0 saturated heterocycles. The number of nitrogens with one attached hydrogen (secondary N) is 1. The van der Waals surface area contributed by atoms with Gasteiger partial charge in [0.2, 0.25) is 5.91 Å². The molecule has 0 unspecified atom stereocenters. The van der Waals surface area contributed by atoms with Crippen LogP contribution in [0.15, 0.2) is 94.6 Å². The van der Waals surface area contributed by atoms with Crippen molar-refractivity contribution in [1.29, 1.82) is 0 Å². The lowest BCUT2D eigenvalue weighted by molar-refractivity contribution is -0.120. The summed E-state index contributed by atoms with van der Waals surface area (Å²) in [6.07, 6.45) is 0. The van der Waals surface area contributed by atoms with Gasteiger partial charge >= 0.3 is 0 Å². The predicted molar refractivity (Wildman–Crippen MR) is 112 cm³/mol. The third kappa shape index (κ3) is 3.80. The Morgan fingerprint density at radius 2 is 1.50 bits per heavy atom. The first-order chi connectivity index (χ1) is 13.6. The average molecular weight is 388 g/mol. The average Bonchev–Trinajstić information content (AvgIpc) is 3.16. The van der Waals surface area contributed by atoms with Crippen molar-refractivity contribution in [2.45, 2.75) is 17.7 Å². The SMILES string of the molecule is CC(NC(=O)CSc1nc2ccccc2o1)(c1ccccc1)c1ccccc1. The van der Waals surface area contributed by atoms with Gasteiger partial charge in [-0.2, -0.15) is 0 Å². The van der Waals surface area contributed by atoms with Crippen LogP contribution < -0.4 is 5.32 Å². The van der Waals surface area contributed by atoms with Crippen LogP contribution in [0, 0.1) is 0 Å². The van der Waals surface area contributed by atoms with Crippen molar-refractivity contribution in [3.05, 3.63) is 96.1 Å². The molecule has 0 bridgehead atoms. The molecule has 1 aromatic heterocycles. The number of thioether (sulfide) groups is 1. The lowest BCUT2D eigenvalue weighted by atomic mass is 9.84. The molecule has 4 rings (SSSR count). The zero-order valence-electron chi connectivity index (χ0n) is 15.5. The highest BCUT2D eigenvalue weighted by atomic mass is 32.2. The summed E-state index contributed by atoms with van der Waals surface area (Å²) in [5.74, 6) is 0.143. The monoisotopic (exact) mass is 388 g/mol. The van der Waals surface area contributed by atoms with E-state index in [0.29, 0.717) is 5.22 Å². The Kier molecular flexibility index (Phi) is 5.17. The van der Waals surface area contributed by atoms with Gasteiger partial charge in [-0.1, -0.05) is 84.6 Å². The Labute approximate surface area is 168 Å². The van der Waals surface area contributed by atoms with Crippen LogP contribution in [-0.4, -0.2) is 16.6 Å². The van der Waals surface area contributed by atoms with Crippen LogP contribution in [0.3, 0.4) is 0 Å². The summed E-state index contributed by atoms with van der Waals surface area (Å²) in [6, 6.07) is 27.6. The summed E-state index contributed by atoms with van der Waals surface area (Å²) in [4.78, 5) is 17.2. The van der Waals surface area contributed by atoms with Crippen LogP contribution in [0.25, 0.3) is 11.1 Å². The third-order valence-corrected chi connectivity index (χ3v) is 5.52. The quantitative estimate of drug-likeness (QED) is 0.472. The molecule has 1 amide bonds. The number of hydrogen-bond donors (Lipinski definition) is 1. The van der Waals surface area contributed by atoms with E-state index in [0.717, 1.165) is 22.2 Å².